The molecule has 9 heteroatoms. The van der Waals surface area contributed by atoms with Crippen LogP contribution in [-0.2, 0) is 11.2 Å². The first-order valence-electron chi connectivity index (χ1n) is 12.5. The molecule has 1 amide bonds. The molecule has 0 saturated heterocycles. The van der Waals surface area contributed by atoms with Crippen LogP contribution in [0.15, 0.2) is 66.1 Å². The van der Waals surface area contributed by atoms with Crippen LogP contribution < -0.4 is 10.1 Å². The molecule has 1 N–H and O–H groups in total. The van der Waals surface area contributed by atoms with E-state index in [-0.39, 0.29) is 11.7 Å². The summed E-state index contributed by atoms with van der Waals surface area (Å²) >= 11 is 1.36. The van der Waals surface area contributed by atoms with Crippen molar-refractivity contribution in [3.63, 3.8) is 0 Å². The van der Waals surface area contributed by atoms with Crippen molar-refractivity contribution >= 4 is 34.5 Å². The Labute approximate surface area is 220 Å². The molecule has 0 aliphatic carbocycles. The molecule has 0 fully saturated rings. The van der Waals surface area contributed by atoms with Gasteiger partial charge in [-0.2, -0.15) is 5.10 Å². The van der Waals surface area contributed by atoms with Gasteiger partial charge in [0.2, 0.25) is 5.91 Å². The quantitative estimate of drug-likeness (QED) is 0.187. The summed E-state index contributed by atoms with van der Waals surface area (Å²) in [6.07, 6.45) is 6.76. The molecular formula is C28H30N6O2S. The molecule has 2 aromatic carbocycles. The summed E-state index contributed by atoms with van der Waals surface area (Å²) in [4.78, 5) is 12.7. The number of hydrogen-bond donors (Lipinski definition) is 1. The fourth-order valence-corrected chi connectivity index (χ4v) is 4.91. The summed E-state index contributed by atoms with van der Waals surface area (Å²) in [6, 6.07) is 16.1. The lowest BCUT2D eigenvalue weighted by Gasteiger charge is -2.12. The van der Waals surface area contributed by atoms with Crippen LogP contribution in [0.25, 0.3) is 22.4 Å². The fraction of sp³-hybridized carbons (Fsp3) is 0.286. The second kappa shape index (κ2) is 11.0. The number of fused-ring (bicyclic) bond motifs is 3. The molecule has 0 unspecified atom stereocenters. The summed E-state index contributed by atoms with van der Waals surface area (Å²) in [5, 5.41) is 17.2. The third-order valence-electron chi connectivity index (χ3n) is 6.24. The number of thioether (sulfide) groups is 1. The maximum atomic E-state index is 12.7. The number of rotatable bonds is 10. The molecule has 190 valence electrons. The number of unbranched alkanes of at least 4 members (excludes halogenated alkanes) is 1. The summed E-state index contributed by atoms with van der Waals surface area (Å²) in [5.41, 5.74) is 6.46. The van der Waals surface area contributed by atoms with E-state index >= 15 is 0 Å². The van der Waals surface area contributed by atoms with E-state index in [1.807, 2.05) is 72.2 Å². The fourth-order valence-electron chi connectivity index (χ4n) is 4.19. The van der Waals surface area contributed by atoms with Crippen LogP contribution in [0.2, 0.25) is 0 Å². The molecule has 5 rings (SSSR count). The lowest BCUT2D eigenvalue weighted by Crippen LogP contribution is -2.16. The number of anilines is 1. The van der Waals surface area contributed by atoms with Crippen molar-refractivity contribution in [2.75, 3.05) is 17.7 Å². The van der Waals surface area contributed by atoms with Crippen molar-refractivity contribution in [3.05, 3.63) is 72.1 Å². The van der Waals surface area contributed by atoms with Crippen LogP contribution >= 0.6 is 11.8 Å². The lowest BCUT2D eigenvalue weighted by atomic mass is 10.1. The number of ether oxygens (including phenoxy) is 1. The number of hydrogen-bond acceptors (Lipinski definition) is 6. The van der Waals surface area contributed by atoms with Crippen LogP contribution in [0.4, 0.5) is 5.69 Å². The highest BCUT2D eigenvalue weighted by molar-refractivity contribution is 7.99. The maximum Gasteiger partial charge on any atom is 0.234 e. The van der Waals surface area contributed by atoms with E-state index in [2.05, 4.69) is 29.4 Å². The zero-order chi connectivity index (χ0) is 25.8. The Balaban J connectivity index is 1.31. The number of nitrogens with zero attached hydrogens (tertiary/aromatic N) is 5. The third-order valence-corrected chi connectivity index (χ3v) is 7.18. The van der Waals surface area contributed by atoms with Gasteiger partial charge in [-0.05, 0) is 61.2 Å². The molecule has 0 bridgehead atoms. The van der Waals surface area contributed by atoms with Crippen molar-refractivity contribution in [3.8, 4) is 17.0 Å². The van der Waals surface area contributed by atoms with Crippen molar-refractivity contribution in [2.45, 2.75) is 45.2 Å². The topological polar surface area (TPSA) is 85.8 Å². The summed E-state index contributed by atoms with van der Waals surface area (Å²) in [6.45, 7) is 6.97. The number of carbonyl (C=O) groups is 1. The van der Waals surface area contributed by atoms with Crippen molar-refractivity contribution in [1.82, 2.24) is 24.2 Å². The van der Waals surface area contributed by atoms with Crippen molar-refractivity contribution in [2.24, 2.45) is 0 Å². The number of carbonyl (C=O) groups excluding carboxylic acids is 1. The third kappa shape index (κ3) is 5.32. The SMILES string of the molecule is CCCCOc1ccc(-c2cc3c4nnc(SCC(=O)Nc5c(C)cccc5CC)n4ccn3n2)cc1. The number of aromatic nitrogens is 5. The van der Waals surface area contributed by atoms with E-state index < -0.39 is 0 Å². The molecule has 37 heavy (non-hydrogen) atoms. The minimum Gasteiger partial charge on any atom is -0.494 e. The lowest BCUT2D eigenvalue weighted by molar-refractivity contribution is -0.113. The Morgan fingerprint density at radius 3 is 2.70 bits per heavy atom. The van der Waals surface area contributed by atoms with Crippen LogP contribution in [0.1, 0.15) is 37.8 Å². The highest BCUT2D eigenvalue weighted by Gasteiger charge is 2.15. The second-order valence-electron chi connectivity index (χ2n) is 8.86. The van der Waals surface area contributed by atoms with Gasteiger partial charge < -0.3 is 10.1 Å². The number of amides is 1. The molecule has 0 aliphatic rings. The Bertz CT molecular complexity index is 1540. The number of para-hydroxylation sites is 1. The van der Waals surface area contributed by atoms with E-state index in [0.717, 1.165) is 65.2 Å². The monoisotopic (exact) mass is 514 g/mol. The van der Waals surface area contributed by atoms with Gasteiger partial charge in [0, 0.05) is 23.6 Å². The molecule has 0 saturated carbocycles. The number of aryl methyl sites for hydroxylation is 2. The Morgan fingerprint density at radius 2 is 1.92 bits per heavy atom. The molecular weight excluding hydrogens is 484 g/mol. The van der Waals surface area contributed by atoms with Crippen LogP contribution in [-0.4, -0.2) is 42.5 Å². The highest BCUT2D eigenvalue weighted by atomic mass is 32.2. The Morgan fingerprint density at radius 1 is 1.08 bits per heavy atom. The number of benzene rings is 2. The van der Waals surface area contributed by atoms with Crippen molar-refractivity contribution < 1.29 is 9.53 Å². The predicted octanol–water partition coefficient (Wildman–Crippen LogP) is 5.82. The first-order valence-corrected chi connectivity index (χ1v) is 13.5. The normalized spacial score (nSPS) is 11.3. The summed E-state index contributed by atoms with van der Waals surface area (Å²) in [5.74, 6) is 1.03. The molecule has 5 aromatic rings. The van der Waals surface area contributed by atoms with Gasteiger partial charge in [0.05, 0.1) is 18.1 Å². The van der Waals surface area contributed by atoms with Gasteiger partial charge in [-0.3, -0.25) is 9.20 Å². The molecule has 3 aromatic heterocycles. The van der Waals surface area contributed by atoms with Gasteiger partial charge >= 0.3 is 0 Å². The molecule has 0 atom stereocenters. The molecule has 0 radical (unpaired) electrons. The van der Waals surface area contributed by atoms with E-state index in [4.69, 9.17) is 9.84 Å². The van der Waals surface area contributed by atoms with Gasteiger partial charge in [0.1, 0.15) is 11.3 Å². The Kier molecular flexibility index (Phi) is 7.41. The predicted molar refractivity (Wildman–Crippen MR) is 147 cm³/mol. The van der Waals surface area contributed by atoms with Crippen LogP contribution in [0.3, 0.4) is 0 Å². The zero-order valence-electron chi connectivity index (χ0n) is 21.3. The van der Waals surface area contributed by atoms with Gasteiger partial charge in [-0.25, -0.2) is 4.52 Å². The van der Waals surface area contributed by atoms with Gasteiger partial charge in [0.15, 0.2) is 10.8 Å². The average molecular weight is 515 g/mol. The molecule has 3 heterocycles. The van der Waals surface area contributed by atoms with E-state index in [0.29, 0.717) is 10.8 Å². The van der Waals surface area contributed by atoms with Crippen LogP contribution in [0.5, 0.6) is 5.75 Å². The standard InChI is InChI=1S/C28H30N6O2S/c1-4-6-16-36-22-12-10-21(11-13-22)23-17-24-27-30-31-28(33(27)14-15-34(24)32-23)37-18-25(35)29-26-19(3)8-7-9-20(26)5-2/h7-15,17H,4-6,16,18H2,1-3H3,(H,29,35). The minimum atomic E-state index is -0.0689. The Hall–Kier alpha value is -3.85. The highest BCUT2D eigenvalue weighted by Crippen LogP contribution is 2.26. The number of nitrogens with one attached hydrogen (secondary N) is 1. The minimum absolute atomic E-state index is 0.0689. The van der Waals surface area contributed by atoms with Gasteiger partial charge in [0.25, 0.3) is 0 Å². The zero-order valence-corrected chi connectivity index (χ0v) is 22.1. The smallest absolute Gasteiger partial charge is 0.234 e. The molecule has 0 spiro atoms. The second-order valence-corrected chi connectivity index (χ2v) is 9.80. The van der Waals surface area contributed by atoms with Gasteiger partial charge in [-0.15, -0.1) is 10.2 Å². The summed E-state index contributed by atoms with van der Waals surface area (Å²) in [7, 11) is 0. The van der Waals surface area contributed by atoms with Crippen molar-refractivity contribution in [1.29, 1.82) is 0 Å². The van der Waals surface area contributed by atoms with E-state index in [9.17, 15) is 4.79 Å². The maximum absolute atomic E-state index is 12.7. The van der Waals surface area contributed by atoms with Gasteiger partial charge in [-0.1, -0.05) is 50.2 Å². The van der Waals surface area contributed by atoms with E-state index in [1.54, 1.807) is 4.52 Å². The van der Waals surface area contributed by atoms with Crippen LogP contribution in [0, 0.1) is 6.92 Å². The van der Waals surface area contributed by atoms with E-state index in [1.165, 1.54) is 11.8 Å². The largest absolute Gasteiger partial charge is 0.494 e. The molecule has 0 aliphatic heterocycles. The average Bonchev–Trinajstić information content (AvgIpc) is 3.53. The first kappa shape index (κ1) is 24.8. The first-order chi connectivity index (χ1) is 18.1. The molecule has 8 nitrogen and oxygen atoms in total. The summed E-state index contributed by atoms with van der Waals surface area (Å²) < 4.78 is 9.47.